The molecule has 152 valence electrons. The second kappa shape index (κ2) is 7.23. The van der Waals surface area contributed by atoms with Crippen molar-refractivity contribution in [3.8, 4) is 0 Å². The summed E-state index contributed by atoms with van der Waals surface area (Å²) >= 11 is 0. The molecule has 0 amide bonds. The van der Waals surface area contributed by atoms with Crippen LogP contribution in [-0.4, -0.2) is 33.7 Å². The number of fused-ring (bicyclic) bond motifs is 2. The van der Waals surface area contributed by atoms with Crippen LogP contribution in [0.4, 0.5) is 11.4 Å². The van der Waals surface area contributed by atoms with Crippen molar-refractivity contribution >= 4 is 22.8 Å². The van der Waals surface area contributed by atoms with E-state index in [1.165, 1.54) is 53.2 Å². The summed E-state index contributed by atoms with van der Waals surface area (Å²) < 4.78 is 5.11. The summed E-state index contributed by atoms with van der Waals surface area (Å²) in [6.07, 6.45) is 3.73. The first-order valence-corrected chi connectivity index (χ1v) is 11.2. The van der Waals surface area contributed by atoms with E-state index in [0.29, 0.717) is 0 Å². The van der Waals surface area contributed by atoms with Crippen LogP contribution in [0, 0.1) is 0 Å². The smallest absolute Gasteiger partial charge is 0.199 e. The van der Waals surface area contributed by atoms with Gasteiger partial charge in [-0.15, -0.1) is 0 Å². The van der Waals surface area contributed by atoms with Crippen molar-refractivity contribution < 1.29 is 9.15 Å². The lowest BCUT2D eigenvalue weighted by atomic mass is 9.82. The molecule has 4 rings (SSSR count). The molecule has 2 heteroatoms. The van der Waals surface area contributed by atoms with Gasteiger partial charge in [-0.05, 0) is 34.1 Å². The molecule has 0 fully saturated rings. The van der Waals surface area contributed by atoms with E-state index >= 15 is 0 Å². The first kappa shape index (κ1) is 20.1. The van der Waals surface area contributed by atoms with Gasteiger partial charge in [-0.25, -0.2) is 0 Å². The van der Waals surface area contributed by atoms with Gasteiger partial charge in [-0.1, -0.05) is 36.4 Å². The van der Waals surface area contributed by atoms with Crippen molar-refractivity contribution in [2.24, 2.45) is 0 Å². The van der Waals surface area contributed by atoms with Crippen molar-refractivity contribution in [2.45, 2.75) is 71.6 Å². The maximum Gasteiger partial charge on any atom is 0.209 e. The lowest BCUT2D eigenvalue weighted by Crippen LogP contribution is -2.27. The van der Waals surface area contributed by atoms with Crippen LogP contribution < -0.4 is 0 Å². The van der Waals surface area contributed by atoms with Crippen molar-refractivity contribution in [3.63, 3.8) is 0 Å². The summed E-state index contributed by atoms with van der Waals surface area (Å²) in [6, 6.07) is 17.9. The van der Waals surface area contributed by atoms with E-state index in [9.17, 15) is 0 Å². The number of hydrogen-bond donors (Lipinski definition) is 0. The largest absolute Gasteiger partial charge is 0.209 e. The van der Waals surface area contributed by atoms with Gasteiger partial charge in [0.15, 0.2) is 11.4 Å². The molecule has 0 N–H and O–H groups in total. The van der Waals surface area contributed by atoms with Crippen LogP contribution in [0.2, 0.25) is 0 Å². The van der Waals surface area contributed by atoms with Crippen LogP contribution >= 0.6 is 0 Å². The third kappa shape index (κ3) is 3.17. The maximum atomic E-state index is 2.56. The summed E-state index contributed by atoms with van der Waals surface area (Å²) in [4.78, 5) is 0. The minimum Gasteiger partial charge on any atom is -0.199 e. The summed E-state index contributed by atoms with van der Waals surface area (Å²) in [5.41, 5.74) is 9.03. The van der Waals surface area contributed by atoms with E-state index in [1.54, 1.807) is 0 Å². The number of unbranched alkanes of at least 4 members (excludes halogenated alkanes) is 2. The Bertz CT molecular complexity index is 923. The van der Waals surface area contributed by atoms with Crippen molar-refractivity contribution in [1.29, 1.82) is 0 Å². The molecular weight excluding hydrogens is 352 g/mol. The minimum atomic E-state index is 0.146. The Morgan fingerprint density at radius 1 is 0.586 bits per heavy atom. The Kier molecular flexibility index (Phi) is 5.01. The molecule has 2 aliphatic heterocycles. The number of nitrogens with zero attached hydrogens (tertiary/aromatic N) is 2. The Morgan fingerprint density at radius 3 is 1.38 bits per heavy atom. The molecule has 0 spiro atoms. The highest BCUT2D eigenvalue weighted by Gasteiger charge is 2.43. The van der Waals surface area contributed by atoms with Gasteiger partial charge in [0.2, 0.25) is 11.4 Å². The average Bonchev–Trinajstić information content (AvgIpc) is 3.02. The van der Waals surface area contributed by atoms with E-state index in [-0.39, 0.29) is 10.8 Å². The Labute approximate surface area is 176 Å². The maximum absolute atomic E-state index is 2.56. The SMILES string of the molecule is CC1=[N+](CCCCC[N+]2=C(C)C(C)(C)c3ccccc32)c2ccccc2C1(C)C. The number of rotatable bonds is 6. The fourth-order valence-electron chi connectivity index (χ4n) is 5.19. The first-order valence-electron chi connectivity index (χ1n) is 11.2. The molecule has 0 radical (unpaired) electrons. The van der Waals surface area contributed by atoms with E-state index in [2.05, 4.69) is 99.2 Å². The van der Waals surface area contributed by atoms with Crippen molar-refractivity contribution in [3.05, 3.63) is 59.7 Å². The molecule has 0 saturated carbocycles. The Morgan fingerprint density at radius 2 is 0.966 bits per heavy atom. The average molecular weight is 389 g/mol. The topological polar surface area (TPSA) is 6.02 Å². The molecule has 29 heavy (non-hydrogen) atoms. The van der Waals surface area contributed by atoms with Crippen molar-refractivity contribution in [2.75, 3.05) is 13.1 Å². The number of hydrogen-bond acceptors (Lipinski definition) is 0. The zero-order valence-corrected chi connectivity index (χ0v) is 19.0. The molecular formula is C27H36N2+2. The molecule has 2 nitrogen and oxygen atoms in total. The molecule has 0 bridgehead atoms. The highest BCUT2D eigenvalue weighted by atomic mass is 15.1. The normalized spacial score (nSPS) is 19.0. The zero-order valence-electron chi connectivity index (χ0n) is 19.0. The summed E-state index contributed by atoms with van der Waals surface area (Å²) in [5, 5.41) is 0. The third-order valence-electron chi connectivity index (χ3n) is 7.62. The van der Waals surface area contributed by atoms with E-state index in [0.717, 1.165) is 13.1 Å². The van der Waals surface area contributed by atoms with Crippen LogP contribution in [-0.2, 0) is 10.8 Å². The van der Waals surface area contributed by atoms with Crippen LogP contribution in [0.1, 0.15) is 71.9 Å². The van der Waals surface area contributed by atoms with Gasteiger partial charge in [0.05, 0.1) is 10.8 Å². The monoisotopic (exact) mass is 388 g/mol. The molecule has 0 aromatic heterocycles. The highest BCUT2D eigenvalue weighted by molar-refractivity contribution is 5.93. The third-order valence-corrected chi connectivity index (χ3v) is 7.62. The van der Waals surface area contributed by atoms with Gasteiger partial charge < -0.3 is 0 Å². The van der Waals surface area contributed by atoms with E-state index < -0.39 is 0 Å². The van der Waals surface area contributed by atoms with E-state index in [1.807, 2.05) is 0 Å². The van der Waals surface area contributed by atoms with Crippen molar-refractivity contribution in [1.82, 2.24) is 0 Å². The van der Waals surface area contributed by atoms with E-state index in [4.69, 9.17) is 0 Å². The standard InChI is InChI=1S/C27H36N2/c1-20-26(3,4)22-14-8-10-16-24(22)28(20)18-12-7-13-19-29-21(2)27(5,6)23-15-9-11-17-25(23)29/h8-11,14-17H,7,12-13,18-19H2,1-6H3/q+2. The molecule has 0 unspecified atom stereocenters. The molecule has 2 aromatic carbocycles. The second-order valence-corrected chi connectivity index (χ2v) is 9.82. The number of para-hydroxylation sites is 2. The molecule has 0 saturated heterocycles. The van der Waals surface area contributed by atoms with Gasteiger partial charge >= 0.3 is 0 Å². The van der Waals surface area contributed by atoms with Crippen LogP contribution in [0.3, 0.4) is 0 Å². The quantitative estimate of drug-likeness (QED) is 0.402. The number of benzene rings is 2. The van der Waals surface area contributed by atoms with Crippen LogP contribution in [0.15, 0.2) is 48.5 Å². The summed E-state index contributed by atoms with van der Waals surface area (Å²) in [6.45, 7) is 16.3. The summed E-state index contributed by atoms with van der Waals surface area (Å²) in [7, 11) is 0. The van der Waals surface area contributed by atoms with Crippen LogP contribution in [0.5, 0.6) is 0 Å². The molecule has 2 aliphatic rings. The first-order chi connectivity index (χ1) is 13.8. The zero-order chi connectivity index (χ0) is 20.8. The Balaban J connectivity index is 1.39. The van der Waals surface area contributed by atoms with Gasteiger partial charge in [0, 0.05) is 49.9 Å². The molecule has 0 atom stereocenters. The lowest BCUT2D eigenvalue weighted by molar-refractivity contribution is -0.444. The van der Waals surface area contributed by atoms with Gasteiger partial charge in [0.25, 0.3) is 0 Å². The molecule has 2 aromatic rings. The van der Waals surface area contributed by atoms with Gasteiger partial charge in [-0.2, -0.15) is 9.15 Å². The Hall–Kier alpha value is -2.22. The van der Waals surface area contributed by atoms with Gasteiger partial charge in [0.1, 0.15) is 13.1 Å². The fourth-order valence-corrected chi connectivity index (χ4v) is 5.19. The molecule has 2 heterocycles. The predicted octanol–water partition coefficient (Wildman–Crippen LogP) is 6.35. The second-order valence-electron chi connectivity index (χ2n) is 9.82. The van der Waals surface area contributed by atoms with Gasteiger partial charge in [-0.3, -0.25) is 0 Å². The lowest BCUT2D eigenvalue weighted by Gasteiger charge is -2.14. The fraction of sp³-hybridized carbons (Fsp3) is 0.481. The minimum absolute atomic E-state index is 0.146. The summed E-state index contributed by atoms with van der Waals surface area (Å²) in [5.74, 6) is 0. The van der Waals surface area contributed by atoms with Crippen LogP contribution in [0.25, 0.3) is 0 Å². The molecule has 0 aliphatic carbocycles. The highest BCUT2D eigenvalue weighted by Crippen LogP contribution is 2.40. The predicted molar refractivity (Wildman–Crippen MR) is 124 cm³/mol.